The number of rotatable bonds is 11. The summed E-state index contributed by atoms with van der Waals surface area (Å²) in [4.78, 5) is 16.7. The SMILES string of the molecule is CCCCN(CC(=O)N(Cc1ccccc1)Cc1cccs1)S(=O)(=O)c1cccc2ccccc12. The van der Waals surface area contributed by atoms with E-state index in [0.717, 1.165) is 22.2 Å². The summed E-state index contributed by atoms with van der Waals surface area (Å²) in [6.45, 7) is 2.99. The fourth-order valence-corrected chi connectivity index (χ4v) is 6.42. The maximum Gasteiger partial charge on any atom is 0.244 e. The highest BCUT2D eigenvalue weighted by Crippen LogP contribution is 2.26. The van der Waals surface area contributed by atoms with E-state index in [1.54, 1.807) is 28.4 Å². The van der Waals surface area contributed by atoms with Crippen LogP contribution in [0.1, 0.15) is 30.2 Å². The Morgan fingerprint density at radius 3 is 2.34 bits per heavy atom. The molecule has 0 radical (unpaired) electrons. The van der Waals surface area contributed by atoms with Crippen molar-refractivity contribution in [2.24, 2.45) is 0 Å². The lowest BCUT2D eigenvalue weighted by atomic mass is 10.1. The van der Waals surface area contributed by atoms with Crippen molar-refractivity contribution >= 4 is 38.0 Å². The molecule has 1 aromatic heterocycles. The van der Waals surface area contributed by atoms with Crippen LogP contribution < -0.4 is 0 Å². The van der Waals surface area contributed by atoms with Crippen LogP contribution in [-0.2, 0) is 27.9 Å². The van der Waals surface area contributed by atoms with E-state index < -0.39 is 10.0 Å². The molecule has 0 saturated heterocycles. The average molecular weight is 507 g/mol. The number of carbonyl (C=O) groups excluding carboxylic acids is 1. The van der Waals surface area contributed by atoms with Crippen molar-refractivity contribution in [3.63, 3.8) is 0 Å². The first-order valence-corrected chi connectivity index (χ1v) is 14.1. The Morgan fingerprint density at radius 2 is 1.60 bits per heavy atom. The van der Waals surface area contributed by atoms with Gasteiger partial charge in [0.15, 0.2) is 0 Å². The number of thiophene rings is 1. The van der Waals surface area contributed by atoms with Crippen molar-refractivity contribution in [3.05, 3.63) is 101 Å². The summed E-state index contributed by atoms with van der Waals surface area (Å²) in [5.41, 5.74) is 1.01. The van der Waals surface area contributed by atoms with Gasteiger partial charge in [-0.1, -0.05) is 86.1 Å². The van der Waals surface area contributed by atoms with Gasteiger partial charge < -0.3 is 4.90 Å². The van der Waals surface area contributed by atoms with Gasteiger partial charge in [0, 0.05) is 23.4 Å². The molecule has 0 spiro atoms. The second-order valence-electron chi connectivity index (χ2n) is 8.48. The Kier molecular flexibility index (Phi) is 8.33. The monoisotopic (exact) mass is 506 g/mol. The number of amides is 1. The highest BCUT2D eigenvalue weighted by atomic mass is 32.2. The van der Waals surface area contributed by atoms with Crippen molar-refractivity contribution < 1.29 is 13.2 Å². The minimum atomic E-state index is -3.87. The smallest absolute Gasteiger partial charge is 0.244 e. The van der Waals surface area contributed by atoms with Crippen LogP contribution in [0.3, 0.4) is 0 Å². The summed E-state index contributed by atoms with van der Waals surface area (Å²) in [6.07, 6.45) is 1.51. The lowest BCUT2D eigenvalue weighted by Crippen LogP contribution is -2.42. The van der Waals surface area contributed by atoms with Crippen LogP contribution in [0.5, 0.6) is 0 Å². The van der Waals surface area contributed by atoms with Gasteiger partial charge in [-0.2, -0.15) is 4.31 Å². The first-order chi connectivity index (χ1) is 17.0. The van der Waals surface area contributed by atoms with Crippen LogP contribution in [0, 0.1) is 0 Å². The molecule has 1 heterocycles. The predicted octanol–water partition coefficient (Wildman–Crippen LogP) is 5.92. The minimum absolute atomic E-state index is 0.191. The summed E-state index contributed by atoms with van der Waals surface area (Å²) in [5.74, 6) is -0.206. The molecular formula is C28H30N2O3S2. The van der Waals surface area contributed by atoms with Gasteiger partial charge >= 0.3 is 0 Å². The molecule has 0 fully saturated rings. The molecule has 1 amide bonds. The molecule has 7 heteroatoms. The van der Waals surface area contributed by atoms with Crippen LogP contribution in [0.15, 0.2) is 95.2 Å². The predicted molar refractivity (Wildman–Crippen MR) is 143 cm³/mol. The van der Waals surface area contributed by atoms with Crippen LogP contribution in [0.25, 0.3) is 10.8 Å². The molecule has 0 aliphatic rings. The maximum absolute atomic E-state index is 13.8. The van der Waals surface area contributed by atoms with Crippen molar-refractivity contribution in [1.82, 2.24) is 9.21 Å². The lowest BCUT2D eigenvalue weighted by Gasteiger charge is -2.27. The number of benzene rings is 3. The van der Waals surface area contributed by atoms with Crippen molar-refractivity contribution in [1.29, 1.82) is 0 Å². The standard InChI is InChI=1S/C28H30N2O3S2/c1-2-3-18-30(35(32,33)27-17-9-14-24-13-7-8-16-26(24)27)22-28(31)29(21-25-15-10-19-34-25)20-23-11-5-4-6-12-23/h4-17,19H,2-3,18,20-22H2,1H3. The molecule has 0 N–H and O–H groups in total. The molecule has 0 bridgehead atoms. The molecule has 0 atom stereocenters. The minimum Gasteiger partial charge on any atom is -0.332 e. The third kappa shape index (κ3) is 6.17. The molecule has 0 aliphatic heterocycles. The summed E-state index contributed by atoms with van der Waals surface area (Å²) in [5, 5.41) is 3.52. The number of fused-ring (bicyclic) bond motifs is 1. The van der Waals surface area contributed by atoms with Gasteiger partial charge in [-0.3, -0.25) is 4.79 Å². The largest absolute Gasteiger partial charge is 0.332 e. The normalized spacial score (nSPS) is 11.7. The molecular weight excluding hydrogens is 476 g/mol. The molecule has 4 rings (SSSR count). The number of carbonyl (C=O) groups is 1. The fraction of sp³-hybridized carbons (Fsp3) is 0.250. The van der Waals surface area contributed by atoms with Crippen molar-refractivity contribution in [3.8, 4) is 0 Å². The topological polar surface area (TPSA) is 57.7 Å². The van der Waals surface area contributed by atoms with Crippen LogP contribution in [-0.4, -0.2) is 36.6 Å². The lowest BCUT2D eigenvalue weighted by molar-refractivity contribution is -0.132. The van der Waals surface area contributed by atoms with E-state index in [9.17, 15) is 13.2 Å². The molecule has 3 aromatic carbocycles. The average Bonchev–Trinajstić information content (AvgIpc) is 3.39. The van der Waals surface area contributed by atoms with E-state index in [4.69, 9.17) is 0 Å². The molecule has 4 aromatic rings. The summed E-state index contributed by atoms with van der Waals surface area (Å²) in [6, 6.07) is 26.5. The number of sulfonamides is 1. The zero-order chi connectivity index (χ0) is 24.7. The number of nitrogens with zero attached hydrogens (tertiary/aromatic N) is 2. The van der Waals surface area contributed by atoms with Gasteiger partial charge in [-0.15, -0.1) is 11.3 Å². The summed E-state index contributed by atoms with van der Waals surface area (Å²) < 4.78 is 29.0. The highest BCUT2D eigenvalue weighted by molar-refractivity contribution is 7.89. The van der Waals surface area contributed by atoms with Crippen LogP contribution in [0.4, 0.5) is 0 Å². The maximum atomic E-state index is 13.8. The van der Waals surface area contributed by atoms with Gasteiger partial charge in [0.2, 0.25) is 15.9 Å². The first-order valence-electron chi connectivity index (χ1n) is 11.8. The molecule has 5 nitrogen and oxygen atoms in total. The molecule has 0 aliphatic carbocycles. The fourth-order valence-electron chi connectivity index (χ4n) is 4.06. The second-order valence-corrected chi connectivity index (χ2v) is 11.4. The molecule has 0 unspecified atom stereocenters. The molecule has 182 valence electrons. The van der Waals surface area contributed by atoms with Gasteiger partial charge in [0.1, 0.15) is 0 Å². The van der Waals surface area contributed by atoms with Gasteiger partial charge in [0.25, 0.3) is 0 Å². The third-order valence-corrected chi connectivity index (χ3v) is 8.70. The van der Waals surface area contributed by atoms with E-state index in [2.05, 4.69) is 0 Å². The summed E-state index contributed by atoms with van der Waals surface area (Å²) >= 11 is 1.59. The second kappa shape index (κ2) is 11.6. The van der Waals surface area contributed by atoms with E-state index in [0.29, 0.717) is 31.4 Å². The Hall–Kier alpha value is -3.00. The quantitative estimate of drug-likeness (QED) is 0.254. The van der Waals surface area contributed by atoms with E-state index in [1.807, 2.05) is 85.1 Å². The van der Waals surface area contributed by atoms with Crippen LogP contribution >= 0.6 is 11.3 Å². The summed E-state index contributed by atoms with van der Waals surface area (Å²) in [7, 11) is -3.87. The Morgan fingerprint density at radius 1 is 0.857 bits per heavy atom. The highest BCUT2D eigenvalue weighted by Gasteiger charge is 2.29. The van der Waals surface area contributed by atoms with Crippen LogP contribution in [0.2, 0.25) is 0 Å². The zero-order valence-corrected chi connectivity index (χ0v) is 21.5. The zero-order valence-electron chi connectivity index (χ0n) is 19.8. The number of hydrogen-bond acceptors (Lipinski definition) is 4. The number of unbranched alkanes of at least 4 members (excludes halogenated alkanes) is 1. The Bertz CT molecular complexity index is 1350. The first kappa shape index (κ1) is 25.1. The number of hydrogen-bond donors (Lipinski definition) is 0. The Labute approximate surface area is 211 Å². The van der Waals surface area contributed by atoms with Crippen molar-refractivity contribution in [2.75, 3.05) is 13.1 Å². The van der Waals surface area contributed by atoms with Gasteiger partial charge in [0.05, 0.1) is 18.0 Å². The molecule has 35 heavy (non-hydrogen) atoms. The molecule has 0 saturated carbocycles. The van der Waals surface area contributed by atoms with E-state index in [-0.39, 0.29) is 17.3 Å². The van der Waals surface area contributed by atoms with Gasteiger partial charge in [-0.05, 0) is 34.9 Å². The van der Waals surface area contributed by atoms with E-state index in [1.165, 1.54) is 4.31 Å². The third-order valence-electron chi connectivity index (χ3n) is 5.94. The van der Waals surface area contributed by atoms with Crippen molar-refractivity contribution in [2.45, 2.75) is 37.8 Å². The van der Waals surface area contributed by atoms with E-state index >= 15 is 0 Å². The Balaban J connectivity index is 1.64. The van der Waals surface area contributed by atoms with Gasteiger partial charge in [-0.25, -0.2) is 8.42 Å².